The second-order valence-electron chi connectivity index (χ2n) is 6.25. The van der Waals surface area contributed by atoms with Gasteiger partial charge >= 0.3 is 0 Å². The first-order valence-corrected chi connectivity index (χ1v) is 7.68. The standard InChI is InChI=1S/C19H22N2O/c1-13-11-16(9-10-17(13)20(3)4)19(22)21-14(2)12-15-7-5-6-8-18(15)21/h5-11,14H,12H2,1-4H3. The van der Waals surface area contributed by atoms with Crippen LogP contribution in [0.4, 0.5) is 11.4 Å². The van der Waals surface area contributed by atoms with Crippen molar-refractivity contribution in [2.24, 2.45) is 0 Å². The van der Waals surface area contributed by atoms with Crippen LogP contribution in [-0.2, 0) is 6.42 Å². The van der Waals surface area contributed by atoms with E-state index in [1.807, 2.05) is 62.3 Å². The van der Waals surface area contributed by atoms with Crippen LogP contribution in [0, 0.1) is 6.92 Å². The Hall–Kier alpha value is -2.29. The highest BCUT2D eigenvalue weighted by Crippen LogP contribution is 2.33. The topological polar surface area (TPSA) is 23.6 Å². The van der Waals surface area contributed by atoms with Gasteiger partial charge in [-0.15, -0.1) is 0 Å². The van der Waals surface area contributed by atoms with E-state index in [0.29, 0.717) is 0 Å². The first-order chi connectivity index (χ1) is 10.5. The summed E-state index contributed by atoms with van der Waals surface area (Å²) in [6.45, 7) is 4.16. The highest BCUT2D eigenvalue weighted by Gasteiger charge is 2.31. The number of aryl methyl sites for hydroxylation is 1. The number of benzene rings is 2. The van der Waals surface area contributed by atoms with E-state index in [2.05, 4.69) is 17.9 Å². The van der Waals surface area contributed by atoms with Gasteiger partial charge in [0.15, 0.2) is 0 Å². The Morgan fingerprint density at radius 3 is 2.59 bits per heavy atom. The maximum atomic E-state index is 13.0. The highest BCUT2D eigenvalue weighted by molar-refractivity contribution is 6.08. The summed E-state index contributed by atoms with van der Waals surface area (Å²) in [6.07, 6.45) is 0.927. The maximum Gasteiger partial charge on any atom is 0.258 e. The molecule has 0 aliphatic carbocycles. The van der Waals surface area contributed by atoms with Gasteiger partial charge in [0.1, 0.15) is 0 Å². The van der Waals surface area contributed by atoms with E-state index in [4.69, 9.17) is 0 Å². The van der Waals surface area contributed by atoms with Gasteiger partial charge in [-0.25, -0.2) is 0 Å². The van der Waals surface area contributed by atoms with Gasteiger partial charge < -0.3 is 9.80 Å². The molecule has 1 aliphatic rings. The molecule has 3 heteroatoms. The summed E-state index contributed by atoms with van der Waals surface area (Å²) in [7, 11) is 4.03. The van der Waals surface area contributed by atoms with Crippen molar-refractivity contribution in [3.63, 3.8) is 0 Å². The quantitative estimate of drug-likeness (QED) is 0.844. The van der Waals surface area contributed by atoms with E-state index in [9.17, 15) is 4.79 Å². The molecule has 0 bridgehead atoms. The third-order valence-corrected chi connectivity index (χ3v) is 4.35. The number of hydrogen-bond donors (Lipinski definition) is 0. The Morgan fingerprint density at radius 2 is 1.91 bits per heavy atom. The van der Waals surface area contributed by atoms with Crippen LogP contribution in [0.3, 0.4) is 0 Å². The molecule has 3 nitrogen and oxygen atoms in total. The van der Waals surface area contributed by atoms with Crippen molar-refractivity contribution < 1.29 is 4.79 Å². The third-order valence-electron chi connectivity index (χ3n) is 4.35. The Morgan fingerprint density at radius 1 is 1.18 bits per heavy atom. The predicted octanol–water partition coefficient (Wildman–Crippen LogP) is 3.65. The van der Waals surface area contributed by atoms with Crippen molar-refractivity contribution in [1.82, 2.24) is 0 Å². The molecule has 2 aromatic rings. The molecular formula is C19H22N2O. The number of para-hydroxylation sites is 1. The van der Waals surface area contributed by atoms with Crippen LogP contribution >= 0.6 is 0 Å². The number of carbonyl (C=O) groups excluding carboxylic acids is 1. The molecule has 1 amide bonds. The van der Waals surface area contributed by atoms with Crippen molar-refractivity contribution in [3.8, 4) is 0 Å². The number of rotatable bonds is 2. The lowest BCUT2D eigenvalue weighted by Gasteiger charge is -2.24. The summed E-state index contributed by atoms with van der Waals surface area (Å²) in [6, 6.07) is 14.3. The van der Waals surface area contributed by atoms with Crippen LogP contribution in [0.25, 0.3) is 0 Å². The number of hydrogen-bond acceptors (Lipinski definition) is 2. The molecule has 2 aromatic carbocycles. The number of fused-ring (bicyclic) bond motifs is 1. The molecule has 0 spiro atoms. The van der Waals surface area contributed by atoms with E-state index in [1.54, 1.807) is 0 Å². The summed E-state index contributed by atoms with van der Waals surface area (Å²) in [5.41, 5.74) is 5.33. The van der Waals surface area contributed by atoms with Gasteiger partial charge in [0, 0.05) is 37.1 Å². The number of anilines is 2. The first kappa shape index (κ1) is 14.6. The fraction of sp³-hybridized carbons (Fsp3) is 0.316. The molecule has 0 fully saturated rings. The number of nitrogens with zero attached hydrogens (tertiary/aromatic N) is 2. The Balaban J connectivity index is 1.96. The molecule has 114 valence electrons. The van der Waals surface area contributed by atoms with E-state index in [-0.39, 0.29) is 11.9 Å². The van der Waals surface area contributed by atoms with Gasteiger partial charge in [-0.3, -0.25) is 4.79 Å². The van der Waals surface area contributed by atoms with Crippen LogP contribution in [0.1, 0.15) is 28.4 Å². The van der Waals surface area contributed by atoms with Crippen molar-refractivity contribution >= 4 is 17.3 Å². The molecule has 3 rings (SSSR count). The van der Waals surface area contributed by atoms with E-state index >= 15 is 0 Å². The fourth-order valence-electron chi connectivity index (χ4n) is 3.30. The second kappa shape index (κ2) is 5.48. The van der Waals surface area contributed by atoms with Crippen LogP contribution in [0.5, 0.6) is 0 Å². The lowest BCUT2D eigenvalue weighted by atomic mass is 10.1. The molecule has 0 aromatic heterocycles. The Labute approximate surface area is 132 Å². The van der Waals surface area contributed by atoms with E-state index in [0.717, 1.165) is 28.9 Å². The molecule has 1 aliphatic heterocycles. The number of carbonyl (C=O) groups is 1. The molecule has 1 heterocycles. The second-order valence-corrected chi connectivity index (χ2v) is 6.25. The summed E-state index contributed by atoms with van der Waals surface area (Å²) >= 11 is 0. The molecule has 1 atom stereocenters. The van der Waals surface area contributed by atoms with Gasteiger partial charge in [-0.05, 0) is 55.7 Å². The normalized spacial score (nSPS) is 16.5. The van der Waals surface area contributed by atoms with Crippen molar-refractivity contribution in [2.75, 3.05) is 23.9 Å². The first-order valence-electron chi connectivity index (χ1n) is 7.68. The highest BCUT2D eigenvalue weighted by atomic mass is 16.2. The van der Waals surface area contributed by atoms with Gasteiger partial charge in [0.25, 0.3) is 5.91 Å². The zero-order valence-electron chi connectivity index (χ0n) is 13.6. The lowest BCUT2D eigenvalue weighted by molar-refractivity contribution is 0.0981. The van der Waals surface area contributed by atoms with Gasteiger partial charge in [-0.2, -0.15) is 0 Å². The minimum Gasteiger partial charge on any atom is -0.377 e. The van der Waals surface area contributed by atoms with Gasteiger partial charge in [-0.1, -0.05) is 18.2 Å². The zero-order valence-corrected chi connectivity index (χ0v) is 13.6. The minimum atomic E-state index is 0.0888. The molecule has 0 saturated carbocycles. The van der Waals surface area contributed by atoms with E-state index < -0.39 is 0 Å². The Kier molecular flexibility index (Phi) is 3.65. The van der Waals surface area contributed by atoms with Crippen LogP contribution < -0.4 is 9.80 Å². The van der Waals surface area contributed by atoms with Crippen molar-refractivity contribution in [2.45, 2.75) is 26.3 Å². The van der Waals surface area contributed by atoms with Crippen molar-refractivity contribution in [3.05, 3.63) is 59.2 Å². The summed E-state index contributed by atoms with van der Waals surface area (Å²) in [5.74, 6) is 0.0888. The average Bonchev–Trinajstić information content (AvgIpc) is 2.81. The van der Waals surface area contributed by atoms with Gasteiger partial charge in [0.05, 0.1) is 0 Å². The summed E-state index contributed by atoms with van der Waals surface area (Å²) in [4.78, 5) is 17.0. The van der Waals surface area contributed by atoms with Crippen molar-refractivity contribution in [1.29, 1.82) is 0 Å². The number of amides is 1. The maximum absolute atomic E-state index is 13.0. The molecule has 0 radical (unpaired) electrons. The largest absolute Gasteiger partial charge is 0.377 e. The third kappa shape index (κ3) is 2.37. The SMILES string of the molecule is Cc1cc(C(=O)N2c3ccccc3CC2C)ccc1N(C)C. The molecule has 1 unspecified atom stereocenters. The van der Waals surface area contributed by atoms with Crippen LogP contribution in [0.2, 0.25) is 0 Å². The molecule has 0 saturated heterocycles. The summed E-state index contributed by atoms with van der Waals surface area (Å²) in [5, 5.41) is 0. The van der Waals surface area contributed by atoms with Gasteiger partial charge in [0.2, 0.25) is 0 Å². The average molecular weight is 294 g/mol. The monoisotopic (exact) mass is 294 g/mol. The van der Waals surface area contributed by atoms with Crippen LogP contribution in [0.15, 0.2) is 42.5 Å². The smallest absolute Gasteiger partial charge is 0.258 e. The fourth-order valence-corrected chi connectivity index (χ4v) is 3.30. The zero-order chi connectivity index (χ0) is 15.9. The molecule has 0 N–H and O–H groups in total. The molecule has 22 heavy (non-hydrogen) atoms. The summed E-state index contributed by atoms with van der Waals surface area (Å²) < 4.78 is 0. The lowest BCUT2D eigenvalue weighted by Crippen LogP contribution is -2.35. The minimum absolute atomic E-state index is 0.0888. The van der Waals surface area contributed by atoms with E-state index in [1.165, 1.54) is 5.56 Å². The Bertz CT molecular complexity index is 721. The van der Waals surface area contributed by atoms with Crippen LogP contribution in [-0.4, -0.2) is 26.0 Å². The molecular weight excluding hydrogens is 272 g/mol. The predicted molar refractivity (Wildman–Crippen MR) is 91.9 cm³/mol.